The SMILES string of the molecule is CC1(C)CC(=O)C(C=NCc2cccs2)=C(O)C1. The topological polar surface area (TPSA) is 49.7 Å². The van der Waals surface area contributed by atoms with Crippen LogP contribution in [0.15, 0.2) is 33.8 Å². The van der Waals surface area contributed by atoms with Crippen LogP contribution in [0.25, 0.3) is 0 Å². The predicted molar refractivity (Wildman–Crippen MR) is 74.2 cm³/mol. The molecule has 3 nitrogen and oxygen atoms in total. The zero-order valence-electron chi connectivity index (χ0n) is 10.6. The first-order chi connectivity index (χ1) is 8.48. The van der Waals surface area contributed by atoms with Crippen molar-refractivity contribution in [2.24, 2.45) is 10.4 Å². The van der Waals surface area contributed by atoms with E-state index in [2.05, 4.69) is 4.99 Å². The van der Waals surface area contributed by atoms with Crippen molar-refractivity contribution in [1.29, 1.82) is 0 Å². The van der Waals surface area contributed by atoms with Gasteiger partial charge in [0.1, 0.15) is 5.76 Å². The van der Waals surface area contributed by atoms with Crippen LogP contribution < -0.4 is 0 Å². The standard InChI is InChI=1S/C14H17NO2S/c1-14(2)6-12(16)11(13(17)7-14)9-15-8-10-4-3-5-18-10/h3-5,9,16H,6-8H2,1-2H3. The van der Waals surface area contributed by atoms with Crippen LogP contribution in [0.2, 0.25) is 0 Å². The van der Waals surface area contributed by atoms with E-state index < -0.39 is 0 Å². The molecule has 0 fully saturated rings. The molecule has 1 aromatic rings. The summed E-state index contributed by atoms with van der Waals surface area (Å²) in [7, 11) is 0. The third kappa shape index (κ3) is 3.07. The van der Waals surface area contributed by atoms with Crippen LogP contribution in [-0.2, 0) is 11.3 Å². The Labute approximate surface area is 111 Å². The molecule has 0 atom stereocenters. The third-order valence-corrected chi connectivity index (χ3v) is 3.81. The highest BCUT2D eigenvalue weighted by Gasteiger charge is 2.32. The minimum Gasteiger partial charge on any atom is -0.511 e. The van der Waals surface area contributed by atoms with Crippen LogP contribution in [0.5, 0.6) is 0 Å². The van der Waals surface area contributed by atoms with Crippen molar-refractivity contribution < 1.29 is 9.90 Å². The van der Waals surface area contributed by atoms with Gasteiger partial charge in [0.25, 0.3) is 0 Å². The zero-order valence-corrected chi connectivity index (χ0v) is 11.5. The Bertz CT molecular complexity index is 498. The number of carbonyl (C=O) groups excluding carboxylic acids is 1. The van der Waals surface area contributed by atoms with E-state index in [4.69, 9.17) is 0 Å². The second kappa shape index (κ2) is 5.06. The van der Waals surface area contributed by atoms with Crippen molar-refractivity contribution in [1.82, 2.24) is 0 Å². The largest absolute Gasteiger partial charge is 0.511 e. The third-order valence-electron chi connectivity index (χ3n) is 2.94. The average Bonchev–Trinajstić information content (AvgIpc) is 2.73. The van der Waals surface area contributed by atoms with E-state index in [-0.39, 0.29) is 17.0 Å². The fraction of sp³-hybridized carbons (Fsp3) is 0.429. The molecule has 2 rings (SSSR count). The molecule has 0 bridgehead atoms. The molecule has 4 heteroatoms. The maximum absolute atomic E-state index is 11.9. The smallest absolute Gasteiger partial charge is 0.168 e. The number of ketones is 1. The first-order valence-electron chi connectivity index (χ1n) is 5.95. The number of rotatable bonds is 3. The summed E-state index contributed by atoms with van der Waals surface area (Å²) in [5.74, 6) is 0.157. The zero-order chi connectivity index (χ0) is 13.2. The Hall–Kier alpha value is -1.42. The number of aliphatic hydroxyl groups excluding tert-OH is 1. The molecular formula is C14H17NO2S. The van der Waals surface area contributed by atoms with Crippen LogP contribution >= 0.6 is 11.3 Å². The lowest BCUT2D eigenvalue weighted by Crippen LogP contribution is -2.26. The first kappa shape index (κ1) is 13.0. The minimum atomic E-state index is -0.147. The van der Waals surface area contributed by atoms with Crippen molar-refractivity contribution in [3.63, 3.8) is 0 Å². The van der Waals surface area contributed by atoms with Crippen molar-refractivity contribution in [3.05, 3.63) is 33.7 Å². The molecule has 0 amide bonds. The van der Waals surface area contributed by atoms with Gasteiger partial charge in [-0.25, -0.2) is 0 Å². The van der Waals surface area contributed by atoms with E-state index >= 15 is 0 Å². The minimum absolute atomic E-state index is 0.0151. The number of hydrogen-bond acceptors (Lipinski definition) is 4. The lowest BCUT2D eigenvalue weighted by atomic mass is 9.77. The Morgan fingerprint density at radius 3 is 2.89 bits per heavy atom. The van der Waals surface area contributed by atoms with Crippen LogP contribution in [0.3, 0.4) is 0 Å². The van der Waals surface area contributed by atoms with Gasteiger partial charge in [-0.15, -0.1) is 11.3 Å². The first-order valence-corrected chi connectivity index (χ1v) is 6.83. The second-order valence-corrected chi connectivity index (χ2v) is 6.38. The number of hydrogen-bond donors (Lipinski definition) is 1. The fourth-order valence-corrected chi connectivity index (χ4v) is 2.72. The fourth-order valence-electron chi connectivity index (χ4n) is 2.08. The summed E-state index contributed by atoms with van der Waals surface area (Å²) in [5.41, 5.74) is 0.234. The summed E-state index contributed by atoms with van der Waals surface area (Å²) in [6.07, 6.45) is 2.53. The molecule has 0 saturated carbocycles. The van der Waals surface area contributed by atoms with Crippen molar-refractivity contribution in [2.75, 3.05) is 0 Å². The van der Waals surface area contributed by atoms with E-state index in [1.165, 1.54) is 6.21 Å². The summed E-state index contributed by atoms with van der Waals surface area (Å²) in [6.45, 7) is 4.53. The van der Waals surface area contributed by atoms with Crippen LogP contribution in [-0.4, -0.2) is 17.1 Å². The quantitative estimate of drug-likeness (QED) is 0.848. The molecule has 0 aromatic carbocycles. The highest BCUT2D eigenvalue weighted by atomic mass is 32.1. The van der Waals surface area contributed by atoms with Gasteiger partial charge in [-0.05, 0) is 16.9 Å². The lowest BCUT2D eigenvalue weighted by Gasteiger charge is -2.28. The molecular weight excluding hydrogens is 246 g/mol. The Balaban J connectivity index is 2.08. The number of aliphatic hydroxyl groups is 1. The van der Waals surface area contributed by atoms with Gasteiger partial charge in [-0.3, -0.25) is 9.79 Å². The maximum atomic E-state index is 11.9. The average molecular weight is 263 g/mol. The molecule has 0 unspecified atom stereocenters. The van der Waals surface area contributed by atoms with E-state index in [0.29, 0.717) is 25.0 Å². The maximum Gasteiger partial charge on any atom is 0.168 e. The summed E-state index contributed by atoms with van der Waals surface area (Å²) in [5, 5.41) is 11.9. The summed E-state index contributed by atoms with van der Waals surface area (Å²) in [4.78, 5) is 17.3. The van der Waals surface area contributed by atoms with E-state index in [9.17, 15) is 9.90 Å². The summed E-state index contributed by atoms with van der Waals surface area (Å²) < 4.78 is 0. The van der Waals surface area contributed by atoms with Crippen LogP contribution in [0.1, 0.15) is 31.6 Å². The van der Waals surface area contributed by atoms with Gasteiger partial charge in [0, 0.05) is 23.9 Å². The monoisotopic (exact) mass is 263 g/mol. The van der Waals surface area contributed by atoms with E-state index in [1.54, 1.807) is 11.3 Å². The summed E-state index contributed by atoms with van der Waals surface area (Å²) in [6, 6.07) is 3.97. The molecule has 0 aliphatic heterocycles. The van der Waals surface area contributed by atoms with Crippen molar-refractivity contribution in [2.45, 2.75) is 33.2 Å². The molecule has 0 saturated heterocycles. The van der Waals surface area contributed by atoms with Crippen LogP contribution in [0.4, 0.5) is 0 Å². The molecule has 1 aliphatic rings. The van der Waals surface area contributed by atoms with Crippen molar-refractivity contribution >= 4 is 23.3 Å². The number of nitrogens with zero attached hydrogens (tertiary/aromatic N) is 1. The van der Waals surface area contributed by atoms with Gasteiger partial charge in [0.05, 0.1) is 12.1 Å². The molecule has 1 aliphatic carbocycles. The van der Waals surface area contributed by atoms with Gasteiger partial charge in [0.2, 0.25) is 0 Å². The molecule has 18 heavy (non-hydrogen) atoms. The van der Waals surface area contributed by atoms with Crippen molar-refractivity contribution in [3.8, 4) is 0 Å². The second-order valence-electron chi connectivity index (χ2n) is 5.35. The van der Waals surface area contributed by atoms with Gasteiger partial charge in [-0.2, -0.15) is 0 Å². The van der Waals surface area contributed by atoms with E-state index in [1.807, 2.05) is 31.4 Å². The van der Waals surface area contributed by atoms with E-state index in [0.717, 1.165) is 4.88 Å². The molecule has 1 N–H and O–H groups in total. The highest BCUT2D eigenvalue weighted by molar-refractivity contribution is 7.09. The number of aliphatic imine (C=N–C) groups is 1. The highest BCUT2D eigenvalue weighted by Crippen LogP contribution is 2.35. The van der Waals surface area contributed by atoms with Gasteiger partial charge in [-0.1, -0.05) is 19.9 Å². The number of carbonyl (C=O) groups is 1. The summed E-state index contributed by atoms with van der Waals surface area (Å²) >= 11 is 1.63. The van der Waals surface area contributed by atoms with Gasteiger partial charge < -0.3 is 5.11 Å². The van der Waals surface area contributed by atoms with Gasteiger partial charge >= 0.3 is 0 Å². The Morgan fingerprint density at radius 1 is 1.50 bits per heavy atom. The Morgan fingerprint density at radius 2 is 2.28 bits per heavy atom. The molecule has 1 aromatic heterocycles. The predicted octanol–water partition coefficient (Wildman–Crippen LogP) is 3.52. The molecule has 96 valence electrons. The van der Waals surface area contributed by atoms with Gasteiger partial charge in [0.15, 0.2) is 5.78 Å². The number of allylic oxidation sites excluding steroid dienone is 2. The number of Topliss-reactive ketones (excluding diaryl/α,β-unsaturated/α-hetero) is 1. The molecule has 1 heterocycles. The molecule has 0 radical (unpaired) electrons. The number of thiophene rings is 1. The lowest BCUT2D eigenvalue weighted by molar-refractivity contribution is -0.117. The normalized spacial score (nSPS) is 19.8. The van der Waals surface area contributed by atoms with Crippen LogP contribution in [0, 0.1) is 5.41 Å². The Kier molecular flexibility index (Phi) is 3.66. The molecule has 0 spiro atoms.